The summed E-state index contributed by atoms with van der Waals surface area (Å²) >= 11 is 0. The van der Waals surface area contributed by atoms with Gasteiger partial charge < -0.3 is 23.7 Å². The van der Waals surface area contributed by atoms with Crippen LogP contribution in [0.2, 0.25) is 0 Å². The first-order valence-electron chi connectivity index (χ1n) is 16.0. The van der Waals surface area contributed by atoms with Crippen molar-refractivity contribution in [2.24, 2.45) is 5.92 Å². The highest BCUT2D eigenvalue weighted by atomic mass is 16.8. The van der Waals surface area contributed by atoms with Crippen molar-refractivity contribution in [1.82, 2.24) is 0 Å². The van der Waals surface area contributed by atoms with Crippen LogP contribution in [0.4, 0.5) is 0 Å². The molecule has 0 amide bonds. The molecule has 2 aliphatic rings. The van der Waals surface area contributed by atoms with Crippen LogP contribution in [-0.2, 0) is 38.1 Å². The summed E-state index contributed by atoms with van der Waals surface area (Å²) in [4.78, 5) is 36.2. The number of benzene rings is 2. The van der Waals surface area contributed by atoms with Gasteiger partial charge in [0.1, 0.15) is 0 Å². The number of carbonyl (C=O) groups is 3. The van der Waals surface area contributed by atoms with Crippen LogP contribution >= 0.6 is 0 Å². The predicted octanol–water partition coefficient (Wildman–Crippen LogP) is 7.22. The van der Waals surface area contributed by atoms with Crippen LogP contribution in [-0.4, -0.2) is 49.9 Å². The van der Waals surface area contributed by atoms with Crippen LogP contribution in [0.15, 0.2) is 60.7 Å². The Labute approximate surface area is 261 Å². The Morgan fingerprint density at radius 2 is 1.25 bits per heavy atom. The number of carbonyl (C=O) groups excluding carboxylic acids is 3. The zero-order valence-corrected chi connectivity index (χ0v) is 26.3. The molecule has 1 saturated carbocycles. The largest absolute Gasteiger partial charge is 0.464 e. The van der Waals surface area contributed by atoms with Crippen molar-refractivity contribution in [2.75, 3.05) is 19.8 Å². The molecule has 0 radical (unpaired) electrons. The summed E-state index contributed by atoms with van der Waals surface area (Å²) in [6, 6.07) is 16.6. The van der Waals surface area contributed by atoms with E-state index in [0.717, 1.165) is 29.9 Å². The zero-order valence-electron chi connectivity index (χ0n) is 26.3. The number of rotatable bonds is 14. The maximum atomic E-state index is 12.4. The summed E-state index contributed by atoms with van der Waals surface area (Å²) < 4.78 is 27.0. The molecule has 2 aromatic rings. The molecule has 0 spiro atoms. The fraction of sp³-hybridized carbons (Fsp3) is 0.528. The monoisotopic (exact) mass is 606 g/mol. The van der Waals surface area contributed by atoms with Gasteiger partial charge in [-0.15, -0.1) is 0 Å². The van der Waals surface area contributed by atoms with Crippen molar-refractivity contribution in [3.63, 3.8) is 0 Å². The van der Waals surface area contributed by atoms with Crippen LogP contribution in [0.1, 0.15) is 95.5 Å². The van der Waals surface area contributed by atoms with Gasteiger partial charge in [-0.3, -0.25) is 0 Å². The van der Waals surface area contributed by atoms with E-state index in [1.54, 1.807) is 20.8 Å². The standard InChI is InChI=1S/C36H46O8/c1-5-40-34(38)31-32(35(39)41-6-2)44-36(43-31)30-21-19-29(20-22-30)28-17-15-27(16-18-28)26-13-11-25(12-14-26)10-8-7-9-23-42-33(37)24(3)4/h15-22,25-26,31-32,36H,3,5-14,23H2,1-2,4H3/t25?,26?,31-,32-/m1/s1. The van der Waals surface area contributed by atoms with E-state index in [2.05, 4.69) is 30.8 Å². The van der Waals surface area contributed by atoms with Gasteiger partial charge in [0, 0.05) is 11.1 Å². The van der Waals surface area contributed by atoms with E-state index in [9.17, 15) is 14.4 Å². The first-order chi connectivity index (χ1) is 21.3. The predicted molar refractivity (Wildman–Crippen MR) is 167 cm³/mol. The lowest BCUT2D eigenvalue weighted by Crippen LogP contribution is -2.39. The third kappa shape index (κ3) is 9.02. The van der Waals surface area contributed by atoms with Crippen molar-refractivity contribution in [3.05, 3.63) is 71.8 Å². The summed E-state index contributed by atoms with van der Waals surface area (Å²) in [7, 11) is 0. The number of ether oxygens (including phenoxy) is 5. The van der Waals surface area contributed by atoms with E-state index < -0.39 is 30.4 Å². The molecule has 8 nitrogen and oxygen atoms in total. The van der Waals surface area contributed by atoms with Gasteiger partial charge in [0.25, 0.3) is 0 Å². The summed E-state index contributed by atoms with van der Waals surface area (Å²) in [5.41, 5.74) is 4.72. The molecule has 0 bridgehead atoms. The molecule has 4 rings (SSSR count). The maximum Gasteiger partial charge on any atom is 0.338 e. The highest BCUT2D eigenvalue weighted by molar-refractivity contribution is 5.87. The SMILES string of the molecule is C=C(C)C(=O)OCCCCCC1CCC(c2ccc(-c3ccc(C4O[C@@H](C(=O)OCC)[C@H](C(=O)OCC)O4)cc3)cc2)CC1. The smallest absolute Gasteiger partial charge is 0.338 e. The molecule has 0 N–H and O–H groups in total. The van der Waals surface area contributed by atoms with Crippen LogP contribution in [0.3, 0.4) is 0 Å². The third-order valence-corrected chi connectivity index (χ3v) is 8.44. The van der Waals surface area contributed by atoms with E-state index in [0.29, 0.717) is 23.7 Å². The van der Waals surface area contributed by atoms with E-state index in [4.69, 9.17) is 23.7 Å². The van der Waals surface area contributed by atoms with E-state index >= 15 is 0 Å². The van der Waals surface area contributed by atoms with Gasteiger partial charge in [0.05, 0.1) is 19.8 Å². The topological polar surface area (TPSA) is 97.4 Å². The van der Waals surface area contributed by atoms with E-state index in [1.807, 2.05) is 24.3 Å². The molecule has 2 fully saturated rings. The van der Waals surface area contributed by atoms with Gasteiger partial charge in [-0.2, -0.15) is 0 Å². The fourth-order valence-corrected chi connectivity index (χ4v) is 5.97. The number of esters is 3. The summed E-state index contributed by atoms with van der Waals surface area (Å²) in [6.07, 6.45) is 6.17. The second-order valence-electron chi connectivity index (χ2n) is 11.7. The molecule has 1 saturated heterocycles. The highest BCUT2D eigenvalue weighted by Crippen LogP contribution is 2.39. The Morgan fingerprint density at radius 3 is 1.75 bits per heavy atom. The lowest BCUT2D eigenvalue weighted by atomic mass is 9.77. The fourth-order valence-electron chi connectivity index (χ4n) is 5.97. The van der Waals surface area contributed by atoms with Crippen molar-refractivity contribution < 1.29 is 38.1 Å². The van der Waals surface area contributed by atoms with Crippen LogP contribution < -0.4 is 0 Å². The molecular weight excluding hydrogens is 560 g/mol. The van der Waals surface area contributed by atoms with Gasteiger partial charge in [0.15, 0.2) is 18.5 Å². The maximum absolute atomic E-state index is 12.4. The average Bonchev–Trinajstić information content (AvgIpc) is 3.49. The molecule has 44 heavy (non-hydrogen) atoms. The highest BCUT2D eigenvalue weighted by Gasteiger charge is 2.47. The van der Waals surface area contributed by atoms with Gasteiger partial charge in [-0.25, -0.2) is 14.4 Å². The number of hydrogen-bond donors (Lipinski definition) is 0. The zero-order chi connectivity index (χ0) is 31.5. The van der Waals surface area contributed by atoms with Gasteiger partial charge in [0.2, 0.25) is 0 Å². The molecule has 238 valence electrons. The summed E-state index contributed by atoms with van der Waals surface area (Å²) in [6.45, 7) is 9.50. The summed E-state index contributed by atoms with van der Waals surface area (Å²) in [5.74, 6) is -0.198. The Balaban J connectivity index is 1.24. The van der Waals surface area contributed by atoms with Crippen LogP contribution in [0.25, 0.3) is 11.1 Å². The minimum atomic E-state index is -1.17. The second-order valence-corrected chi connectivity index (χ2v) is 11.7. The van der Waals surface area contributed by atoms with Crippen molar-refractivity contribution in [2.45, 2.75) is 96.6 Å². The Hall–Kier alpha value is -3.49. The second kappa shape index (κ2) is 16.5. The minimum Gasteiger partial charge on any atom is -0.464 e. The lowest BCUT2D eigenvalue weighted by Gasteiger charge is -2.29. The molecule has 2 atom stereocenters. The number of unbranched alkanes of at least 4 members (excludes halogenated alkanes) is 2. The molecule has 1 aliphatic carbocycles. The third-order valence-electron chi connectivity index (χ3n) is 8.44. The number of hydrogen-bond acceptors (Lipinski definition) is 8. The van der Waals surface area contributed by atoms with Crippen molar-refractivity contribution >= 4 is 17.9 Å². The molecule has 1 aliphatic heterocycles. The van der Waals surface area contributed by atoms with Gasteiger partial charge >= 0.3 is 17.9 Å². The Kier molecular flexibility index (Phi) is 12.6. The normalized spacial score (nSPS) is 21.9. The molecule has 8 heteroatoms. The van der Waals surface area contributed by atoms with Gasteiger partial charge in [-0.05, 0) is 81.4 Å². The Bertz CT molecular complexity index is 1220. The first-order valence-corrected chi connectivity index (χ1v) is 16.0. The van der Waals surface area contributed by atoms with Crippen LogP contribution in [0.5, 0.6) is 0 Å². The molecule has 0 unspecified atom stereocenters. The van der Waals surface area contributed by atoms with Crippen molar-refractivity contribution in [3.8, 4) is 11.1 Å². The molecule has 2 aromatic carbocycles. The van der Waals surface area contributed by atoms with Crippen LogP contribution in [0, 0.1) is 5.92 Å². The van der Waals surface area contributed by atoms with Gasteiger partial charge in [-0.1, -0.05) is 74.4 Å². The molecular formula is C36H46O8. The lowest BCUT2D eigenvalue weighted by molar-refractivity contribution is -0.163. The van der Waals surface area contributed by atoms with Crippen molar-refractivity contribution in [1.29, 1.82) is 0 Å². The molecule has 1 heterocycles. The quantitative estimate of drug-likeness (QED) is 0.0963. The average molecular weight is 607 g/mol. The van der Waals surface area contributed by atoms with E-state index in [-0.39, 0.29) is 19.2 Å². The first kappa shape index (κ1) is 33.4. The summed E-state index contributed by atoms with van der Waals surface area (Å²) in [5, 5.41) is 0. The Morgan fingerprint density at radius 1 is 0.727 bits per heavy atom. The molecule has 0 aromatic heterocycles. The van der Waals surface area contributed by atoms with E-state index in [1.165, 1.54) is 44.1 Å². The minimum absolute atomic E-state index is 0.173.